The minimum absolute atomic E-state index is 0. The van der Waals surface area contributed by atoms with Crippen molar-refractivity contribution in [2.24, 2.45) is 4.99 Å². The highest BCUT2D eigenvalue weighted by Gasteiger charge is 2.15. The third kappa shape index (κ3) is 6.35. The number of guanidine groups is 1. The van der Waals surface area contributed by atoms with Crippen molar-refractivity contribution in [3.8, 4) is 11.5 Å². The van der Waals surface area contributed by atoms with Gasteiger partial charge in [0.05, 0.1) is 20.3 Å². The highest BCUT2D eigenvalue weighted by atomic mass is 127. The van der Waals surface area contributed by atoms with Crippen LogP contribution >= 0.6 is 24.0 Å². The molecule has 0 saturated carbocycles. The standard InChI is InChI=1S/C17H27N3O3.HI/c1-18-17(20-12-14-5-4-10-23-14)19-9-8-13-6-7-15(21-2)16(11-13)22-3;/h6-7,11,14H,4-5,8-10,12H2,1-3H3,(H2,18,19,20);1H. The molecule has 136 valence electrons. The minimum Gasteiger partial charge on any atom is -0.493 e. The van der Waals surface area contributed by atoms with E-state index in [-0.39, 0.29) is 24.0 Å². The summed E-state index contributed by atoms with van der Waals surface area (Å²) in [5, 5.41) is 6.63. The number of nitrogens with one attached hydrogen (secondary N) is 2. The molecule has 1 aromatic carbocycles. The third-order valence-corrected chi connectivity index (χ3v) is 3.90. The fourth-order valence-corrected chi connectivity index (χ4v) is 2.60. The van der Waals surface area contributed by atoms with E-state index >= 15 is 0 Å². The molecule has 1 aliphatic heterocycles. The number of methoxy groups -OCH3 is 2. The molecular weight excluding hydrogens is 421 g/mol. The van der Waals surface area contributed by atoms with Crippen LogP contribution in [-0.2, 0) is 11.2 Å². The number of hydrogen-bond acceptors (Lipinski definition) is 4. The first-order valence-electron chi connectivity index (χ1n) is 8.04. The summed E-state index contributed by atoms with van der Waals surface area (Å²) >= 11 is 0. The van der Waals surface area contributed by atoms with Gasteiger partial charge in [0.15, 0.2) is 17.5 Å². The molecule has 1 heterocycles. The van der Waals surface area contributed by atoms with Crippen LogP contribution in [0.25, 0.3) is 0 Å². The van der Waals surface area contributed by atoms with Crippen LogP contribution in [0.2, 0.25) is 0 Å². The van der Waals surface area contributed by atoms with Gasteiger partial charge in [0, 0.05) is 26.7 Å². The van der Waals surface area contributed by atoms with Crippen LogP contribution in [0.4, 0.5) is 0 Å². The van der Waals surface area contributed by atoms with E-state index in [0.717, 1.165) is 56.4 Å². The van der Waals surface area contributed by atoms with E-state index < -0.39 is 0 Å². The van der Waals surface area contributed by atoms with Gasteiger partial charge in [-0.05, 0) is 37.0 Å². The molecule has 2 rings (SSSR count). The summed E-state index contributed by atoms with van der Waals surface area (Å²) in [6.45, 7) is 2.47. The average Bonchev–Trinajstić information content (AvgIpc) is 3.11. The first-order valence-corrected chi connectivity index (χ1v) is 8.04. The SMILES string of the molecule is CN=C(NCCc1ccc(OC)c(OC)c1)NCC1CCCO1.I. The molecule has 7 heteroatoms. The summed E-state index contributed by atoms with van der Waals surface area (Å²) in [4.78, 5) is 4.24. The van der Waals surface area contributed by atoms with E-state index in [1.54, 1.807) is 21.3 Å². The Balaban J connectivity index is 0.00000288. The minimum atomic E-state index is 0. The summed E-state index contributed by atoms with van der Waals surface area (Å²) in [6.07, 6.45) is 3.45. The van der Waals surface area contributed by atoms with Crippen LogP contribution in [-0.4, -0.2) is 53.0 Å². The summed E-state index contributed by atoms with van der Waals surface area (Å²) in [7, 11) is 5.07. The molecule has 1 aliphatic rings. The number of hydrogen-bond donors (Lipinski definition) is 2. The molecule has 1 fully saturated rings. The van der Waals surface area contributed by atoms with E-state index in [9.17, 15) is 0 Å². The molecule has 24 heavy (non-hydrogen) atoms. The molecule has 1 atom stereocenters. The first kappa shape index (κ1) is 20.8. The highest BCUT2D eigenvalue weighted by molar-refractivity contribution is 14.0. The van der Waals surface area contributed by atoms with Gasteiger partial charge in [-0.25, -0.2) is 0 Å². The highest BCUT2D eigenvalue weighted by Crippen LogP contribution is 2.27. The Bertz CT molecular complexity index is 520. The molecule has 2 N–H and O–H groups in total. The Morgan fingerprint density at radius 2 is 2.04 bits per heavy atom. The fourth-order valence-electron chi connectivity index (χ4n) is 2.60. The molecule has 1 unspecified atom stereocenters. The van der Waals surface area contributed by atoms with Crippen molar-refractivity contribution in [3.05, 3.63) is 23.8 Å². The molecule has 0 bridgehead atoms. The lowest BCUT2D eigenvalue weighted by atomic mass is 10.1. The zero-order valence-electron chi connectivity index (χ0n) is 14.6. The average molecular weight is 449 g/mol. The Morgan fingerprint density at radius 1 is 1.25 bits per heavy atom. The second-order valence-corrected chi connectivity index (χ2v) is 5.45. The quantitative estimate of drug-likeness (QED) is 0.380. The number of aliphatic imine (C=N–C) groups is 1. The van der Waals surface area contributed by atoms with Gasteiger partial charge >= 0.3 is 0 Å². The topological polar surface area (TPSA) is 64.1 Å². The van der Waals surface area contributed by atoms with E-state index in [0.29, 0.717) is 6.10 Å². The van der Waals surface area contributed by atoms with Gasteiger partial charge in [0.1, 0.15) is 0 Å². The summed E-state index contributed by atoms with van der Waals surface area (Å²) in [5.74, 6) is 2.31. The fraction of sp³-hybridized carbons (Fsp3) is 0.588. The monoisotopic (exact) mass is 449 g/mol. The number of halogens is 1. The molecule has 0 spiro atoms. The van der Waals surface area contributed by atoms with Crippen LogP contribution in [0.1, 0.15) is 18.4 Å². The van der Waals surface area contributed by atoms with Gasteiger partial charge in [0.2, 0.25) is 0 Å². The van der Waals surface area contributed by atoms with E-state index in [2.05, 4.69) is 15.6 Å². The number of benzene rings is 1. The van der Waals surface area contributed by atoms with E-state index in [4.69, 9.17) is 14.2 Å². The molecular formula is C17H28IN3O3. The number of ether oxygens (including phenoxy) is 3. The summed E-state index contributed by atoms with van der Waals surface area (Å²) in [6, 6.07) is 5.98. The Kier molecular flexibility index (Phi) is 9.85. The maximum absolute atomic E-state index is 5.60. The lowest BCUT2D eigenvalue weighted by Crippen LogP contribution is -2.41. The van der Waals surface area contributed by atoms with Crippen LogP contribution in [0.15, 0.2) is 23.2 Å². The molecule has 0 amide bonds. The first-order chi connectivity index (χ1) is 11.3. The van der Waals surface area contributed by atoms with Crippen LogP contribution in [0.5, 0.6) is 11.5 Å². The molecule has 0 aromatic heterocycles. The van der Waals surface area contributed by atoms with Crippen LogP contribution in [0, 0.1) is 0 Å². The number of nitrogens with zero attached hydrogens (tertiary/aromatic N) is 1. The molecule has 1 aromatic rings. The summed E-state index contributed by atoms with van der Waals surface area (Å²) < 4.78 is 16.2. The normalized spacial score (nSPS) is 17.1. The predicted octanol–water partition coefficient (Wildman–Crippen LogP) is 2.21. The van der Waals surface area contributed by atoms with Crippen LogP contribution < -0.4 is 20.1 Å². The second kappa shape index (κ2) is 11.4. The Morgan fingerprint density at radius 3 is 2.67 bits per heavy atom. The zero-order valence-corrected chi connectivity index (χ0v) is 17.0. The largest absolute Gasteiger partial charge is 0.493 e. The third-order valence-electron chi connectivity index (χ3n) is 3.90. The van der Waals surface area contributed by atoms with Gasteiger partial charge in [-0.2, -0.15) is 0 Å². The molecule has 0 radical (unpaired) electrons. The smallest absolute Gasteiger partial charge is 0.191 e. The molecule has 0 aliphatic carbocycles. The van der Waals surface area contributed by atoms with Crippen molar-refractivity contribution in [1.82, 2.24) is 10.6 Å². The zero-order chi connectivity index (χ0) is 16.5. The van der Waals surface area contributed by atoms with Crippen molar-refractivity contribution in [1.29, 1.82) is 0 Å². The predicted molar refractivity (Wildman–Crippen MR) is 107 cm³/mol. The Hall–Kier alpha value is -1.22. The van der Waals surface area contributed by atoms with Crippen LogP contribution in [0.3, 0.4) is 0 Å². The van der Waals surface area contributed by atoms with Crippen molar-refractivity contribution in [2.45, 2.75) is 25.4 Å². The van der Waals surface area contributed by atoms with Gasteiger partial charge in [-0.15, -0.1) is 24.0 Å². The van der Waals surface area contributed by atoms with Gasteiger partial charge < -0.3 is 24.8 Å². The van der Waals surface area contributed by atoms with Crippen molar-refractivity contribution >= 4 is 29.9 Å². The second-order valence-electron chi connectivity index (χ2n) is 5.45. The molecule has 6 nitrogen and oxygen atoms in total. The number of rotatable bonds is 7. The Labute approximate surface area is 161 Å². The lowest BCUT2D eigenvalue weighted by Gasteiger charge is -2.15. The summed E-state index contributed by atoms with van der Waals surface area (Å²) in [5.41, 5.74) is 1.18. The maximum atomic E-state index is 5.60. The van der Waals surface area contributed by atoms with E-state index in [1.807, 2.05) is 18.2 Å². The maximum Gasteiger partial charge on any atom is 0.191 e. The van der Waals surface area contributed by atoms with Gasteiger partial charge in [-0.3, -0.25) is 4.99 Å². The molecule has 1 saturated heterocycles. The van der Waals surface area contributed by atoms with Crippen molar-refractivity contribution < 1.29 is 14.2 Å². The van der Waals surface area contributed by atoms with Gasteiger partial charge in [0.25, 0.3) is 0 Å². The lowest BCUT2D eigenvalue weighted by molar-refractivity contribution is 0.114. The van der Waals surface area contributed by atoms with Gasteiger partial charge in [-0.1, -0.05) is 6.07 Å². The van der Waals surface area contributed by atoms with E-state index in [1.165, 1.54) is 5.56 Å². The van der Waals surface area contributed by atoms with Crippen molar-refractivity contribution in [2.75, 3.05) is 41.0 Å². The van der Waals surface area contributed by atoms with Crippen molar-refractivity contribution in [3.63, 3.8) is 0 Å².